The van der Waals surface area contributed by atoms with E-state index in [1.807, 2.05) is 10.6 Å². The second-order valence-corrected chi connectivity index (χ2v) is 6.23. The lowest BCUT2D eigenvalue weighted by molar-refractivity contribution is -0.143. The normalized spacial score (nSPS) is 15.7. The number of aliphatic hydroxyl groups excluding tert-OH is 1. The van der Waals surface area contributed by atoms with Gasteiger partial charge in [0.2, 0.25) is 23.6 Å². The van der Waals surface area contributed by atoms with Crippen molar-refractivity contribution in [3.05, 3.63) is 0 Å². The lowest BCUT2D eigenvalue weighted by atomic mass is 10.1. The second-order valence-electron chi connectivity index (χ2n) is 6.23. The molecule has 0 aromatic rings. The van der Waals surface area contributed by atoms with Gasteiger partial charge < -0.3 is 42.7 Å². The fraction of sp³-hybridized carbons (Fsp3) is 0.600. The number of carbonyl (C=O) groups is 6. The molecule has 5 unspecified atom stereocenters. The quantitative estimate of drug-likeness (QED) is 0.151. The molecule has 10 N–H and O–H groups in total. The molecule has 4 amide bonds. The van der Waals surface area contributed by atoms with E-state index in [4.69, 9.17) is 21.7 Å². The number of hydrogen-bond donors (Lipinski definition) is 8. The van der Waals surface area contributed by atoms with Gasteiger partial charge in [-0.2, -0.15) is 0 Å². The smallest absolute Gasteiger partial charge is 0.325 e. The highest BCUT2D eigenvalue weighted by Gasteiger charge is 2.32. The van der Waals surface area contributed by atoms with Gasteiger partial charge in [-0.05, 0) is 13.8 Å². The third-order valence-electron chi connectivity index (χ3n) is 3.60. The summed E-state index contributed by atoms with van der Waals surface area (Å²) in [5, 5.41) is 33.1. The Balaban J connectivity index is 5.41. The molecule has 0 saturated carbocycles. The summed E-state index contributed by atoms with van der Waals surface area (Å²) >= 11 is 0. The third kappa shape index (κ3) is 9.48. The monoisotopic (exact) mass is 419 g/mol. The summed E-state index contributed by atoms with van der Waals surface area (Å²) in [4.78, 5) is 69.4. The minimum atomic E-state index is -1.71. The van der Waals surface area contributed by atoms with E-state index in [1.165, 1.54) is 6.92 Å². The molecule has 0 fully saturated rings. The highest BCUT2D eigenvalue weighted by Crippen LogP contribution is 2.00. The van der Waals surface area contributed by atoms with Crippen LogP contribution in [0.4, 0.5) is 0 Å². The molecule has 0 rings (SSSR count). The summed E-state index contributed by atoms with van der Waals surface area (Å²) in [5.74, 6) is -7.14. The summed E-state index contributed by atoms with van der Waals surface area (Å²) in [6.07, 6.45) is -2.90. The SMILES string of the molecule is CC(NC(=O)C(CC(=O)O)NC(=O)C(CC(N)=O)NC(=O)C(N)C(C)O)C(=O)O. The number of carboxylic acids is 2. The van der Waals surface area contributed by atoms with Crippen molar-refractivity contribution in [2.45, 2.75) is 57.0 Å². The van der Waals surface area contributed by atoms with E-state index in [0.29, 0.717) is 0 Å². The van der Waals surface area contributed by atoms with Gasteiger partial charge >= 0.3 is 11.9 Å². The van der Waals surface area contributed by atoms with Crippen LogP contribution >= 0.6 is 0 Å². The molecule has 0 radical (unpaired) electrons. The maximum Gasteiger partial charge on any atom is 0.325 e. The van der Waals surface area contributed by atoms with Crippen LogP contribution in [-0.2, 0) is 28.8 Å². The van der Waals surface area contributed by atoms with Gasteiger partial charge in [0.1, 0.15) is 24.2 Å². The Morgan fingerprint density at radius 2 is 1.28 bits per heavy atom. The molecule has 0 bridgehead atoms. The van der Waals surface area contributed by atoms with Gasteiger partial charge in [0.05, 0.1) is 18.9 Å². The average Bonchev–Trinajstić information content (AvgIpc) is 2.58. The van der Waals surface area contributed by atoms with Crippen LogP contribution in [0.2, 0.25) is 0 Å². The van der Waals surface area contributed by atoms with Gasteiger partial charge in [0.25, 0.3) is 0 Å². The highest BCUT2D eigenvalue weighted by atomic mass is 16.4. The molecular formula is C15H25N5O9. The first-order chi connectivity index (χ1) is 13.3. The molecule has 0 saturated heterocycles. The van der Waals surface area contributed by atoms with Crippen molar-refractivity contribution in [2.75, 3.05) is 0 Å². The highest BCUT2D eigenvalue weighted by molar-refractivity contribution is 5.97. The van der Waals surface area contributed by atoms with Crippen molar-refractivity contribution in [1.29, 1.82) is 0 Å². The molecule has 29 heavy (non-hydrogen) atoms. The molecule has 0 aliphatic heterocycles. The van der Waals surface area contributed by atoms with Crippen molar-refractivity contribution >= 4 is 35.6 Å². The molecule has 14 heteroatoms. The molecule has 0 heterocycles. The molecule has 14 nitrogen and oxygen atoms in total. The number of hydrogen-bond acceptors (Lipinski definition) is 8. The molecule has 0 aliphatic carbocycles. The van der Waals surface area contributed by atoms with E-state index in [9.17, 15) is 33.9 Å². The first kappa shape index (κ1) is 25.7. The van der Waals surface area contributed by atoms with Crippen LogP contribution in [0.1, 0.15) is 26.7 Å². The number of nitrogens with two attached hydrogens (primary N) is 2. The van der Waals surface area contributed by atoms with Crippen molar-refractivity contribution < 1.29 is 44.1 Å². The number of aliphatic hydroxyl groups is 1. The molecule has 0 aromatic heterocycles. The maximum atomic E-state index is 12.4. The van der Waals surface area contributed by atoms with Crippen LogP contribution in [0.15, 0.2) is 0 Å². The summed E-state index contributed by atoms with van der Waals surface area (Å²) in [7, 11) is 0. The minimum absolute atomic E-state index is 0.711. The van der Waals surface area contributed by atoms with E-state index >= 15 is 0 Å². The van der Waals surface area contributed by atoms with Crippen molar-refractivity contribution in [2.24, 2.45) is 11.5 Å². The Kier molecular flexibility index (Phi) is 10.3. The number of primary amides is 1. The first-order valence-electron chi connectivity index (χ1n) is 8.33. The van der Waals surface area contributed by atoms with Crippen LogP contribution in [0.3, 0.4) is 0 Å². The Bertz CT molecular complexity index is 667. The van der Waals surface area contributed by atoms with Gasteiger partial charge in [0, 0.05) is 0 Å². The van der Waals surface area contributed by atoms with Crippen molar-refractivity contribution in [3.63, 3.8) is 0 Å². The van der Waals surface area contributed by atoms with Crippen molar-refractivity contribution in [3.8, 4) is 0 Å². The largest absolute Gasteiger partial charge is 0.481 e. The fourth-order valence-corrected chi connectivity index (χ4v) is 1.93. The average molecular weight is 419 g/mol. The summed E-state index contributed by atoms with van der Waals surface area (Å²) < 4.78 is 0. The predicted octanol–water partition coefficient (Wildman–Crippen LogP) is -4.40. The van der Waals surface area contributed by atoms with Gasteiger partial charge in [-0.25, -0.2) is 0 Å². The second kappa shape index (κ2) is 11.6. The van der Waals surface area contributed by atoms with Crippen LogP contribution in [0.25, 0.3) is 0 Å². The van der Waals surface area contributed by atoms with Crippen LogP contribution in [0, 0.1) is 0 Å². The number of amides is 4. The summed E-state index contributed by atoms with van der Waals surface area (Å²) in [6.45, 7) is 2.33. The number of aliphatic carboxylic acids is 2. The Morgan fingerprint density at radius 3 is 1.69 bits per heavy atom. The maximum absolute atomic E-state index is 12.4. The fourth-order valence-electron chi connectivity index (χ4n) is 1.93. The predicted molar refractivity (Wildman–Crippen MR) is 94.8 cm³/mol. The number of carboxylic acid groups (broad SMARTS) is 2. The Labute approximate surface area is 165 Å². The zero-order chi connectivity index (χ0) is 22.9. The third-order valence-corrected chi connectivity index (χ3v) is 3.60. The van der Waals surface area contributed by atoms with E-state index < -0.39 is 78.7 Å². The van der Waals surface area contributed by atoms with Crippen LogP contribution < -0.4 is 27.4 Å². The number of nitrogens with one attached hydrogen (secondary N) is 3. The van der Waals surface area contributed by atoms with Crippen LogP contribution in [0.5, 0.6) is 0 Å². The molecule has 0 aromatic carbocycles. The van der Waals surface area contributed by atoms with Gasteiger partial charge in [-0.15, -0.1) is 0 Å². The number of carbonyl (C=O) groups excluding carboxylic acids is 4. The minimum Gasteiger partial charge on any atom is -0.481 e. The van der Waals surface area contributed by atoms with E-state index in [-0.39, 0.29) is 0 Å². The van der Waals surface area contributed by atoms with Gasteiger partial charge in [-0.3, -0.25) is 28.8 Å². The molecule has 0 aliphatic rings. The Hall–Kier alpha value is -3.26. The standard InChI is InChI=1S/C15H25N5O9/c1-5(15(28)29)18-12(25)8(4-10(23)24)19-13(26)7(3-9(16)22)20-14(27)11(17)6(2)21/h5-8,11,21H,3-4,17H2,1-2H3,(H2,16,22)(H,18,25)(H,19,26)(H,20,27)(H,23,24)(H,28,29). The van der Waals surface area contributed by atoms with E-state index in [1.54, 1.807) is 0 Å². The summed E-state index contributed by atoms with van der Waals surface area (Å²) in [5.41, 5.74) is 10.5. The molecule has 164 valence electrons. The van der Waals surface area contributed by atoms with Crippen LogP contribution in [-0.4, -0.2) is 81.2 Å². The first-order valence-corrected chi connectivity index (χ1v) is 8.33. The Morgan fingerprint density at radius 1 is 0.828 bits per heavy atom. The van der Waals surface area contributed by atoms with E-state index in [2.05, 4.69) is 5.32 Å². The zero-order valence-electron chi connectivity index (χ0n) is 15.7. The lowest BCUT2D eigenvalue weighted by Crippen LogP contribution is -2.58. The molecule has 5 atom stereocenters. The van der Waals surface area contributed by atoms with E-state index in [0.717, 1.165) is 6.92 Å². The summed E-state index contributed by atoms with van der Waals surface area (Å²) in [6, 6.07) is -6.14. The van der Waals surface area contributed by atoms with Gasteiger partial charge in [0.15, 0.2) is 0 Å². The lowest BCUT2D eigenvalue weighted by Gasteiger charge is -2.24. The number of rotatable bonds is 12. The topological polar surface area (TPSA) is 251 Å². The molecule has 0 spiro atoms. The zero-order valence-corrected chi connectivity index (χ0v) is 15.7. The molecular weight excluding hydrogens is 394 g/mol. The van der Waals surface area contributed by atoms with Gasteiger partial charge in [-0.1, -0.05) is 0 Å². The van der Waals surface area contributed by atoms with Crippen molar-refractivity contribution in [1.82, 2.24) is 16.0 Å².